The minimum absolute atomic E-state index is 0.692. The van der Waals surface area contributed by atoms with Crippen LogP contribution in [0.15, 0.2) is 16.6 Å². The Morgan fingerprint density at radius 2 is 1.94 bits per heavy atom. The van der Waals surface area contributed by atoms with Crippen LogP contribution in [0.1, 0.15) is 6.92 Å². The molecule has 0 aromatic heterocycles. The number of nitrogen functional groups attached to an aromatic ring is 1. The molecule has 94 valence electrons. The van der Waals surface area contributed by atoms with Crippen molar-refractivity contribution < 1.29 is 0 Å². The van der Waals surface area contributed by atoms with Crippen LogP contribution in [0, 0.1) is 0 Å². The molecule has 0 aliphatic carbocycles. The van der Waals surface area contributed by atoms with Gasteiger partial charge in [0.1, 0.15) is 0 Å². The van der Waals surface area contributed by atoms with Crippen molar-refractivity contribution in [2.24, 2.45) is 0 Å². The number of halogens is 2. The van der Waals surface area contributed by atoms with Crippen LogP contribution in [-0.2, 0) is 0 Å². The molecule has 5 heteroatoms. The van der Waals surface area contributed by atoms with Crippen molar-refractivity contribution >= 4 is 38.9 Å². The largest absolute Gasteiger partial charge is 0.399 e. The second-order valence-electron chi connectivity index (χ2n) is 4.25. The summed E-state index contributed by atoms with van der Waals surface area (Å²) in [6.07, 6.45) is 0. The Bertz CT molecular complexity index is 380. The SMILES string of the molecule is CCN1CCN(c2c(Cl)cc(N)cc2Br)CC1. The Morgan fingerprint density at radius 3 is 2.47 bits per heavy atom. The standard InChI is InChI=1S/C12H17BrClN3/c1-2-16-3-5-17(6-4-16)12-10(13)7-9(15)8-11(12)14/h7-8H,2-6,15H2,1H3. The van der Waals surface area contributed by atoms with Gasteiger partial charge in [-0.15, -0.1) is 0 Å². The summed E-state index contributed by atoms with van der Waals surface area (Å²) in [5.74, 6) is 0. The monoisotopic (exact) mass is 317 g/mol. The molecule has 0 spiro atoms. The van der Waals surface area contributed by atoms with E-state index in [1.165, 1.54) is 0 Å². The molecule has 0 saturated carbocycles. The van der Waals surface area contributed by atoms with E-state index in [2.05, 4.69) is 32.7 Å². The van der Waals surface area contributed by atoms with Crippen LogP contribution in [-0.4, -0.2) is 37.6 Å². The molecule has 2 N–H and O–H groups in total. The van der Waals surface area contributed by atoms with Gasteiger partial charge in [0, 0.05) is 36.3 Å². The molecule has 1 aromatic rings. The summed E-state index contributed by atoms with van der Waals surface area (Å²) in [5.41, 5.74) is 7.52. The number of benzene rings is 1. The number of hydrogen-bond acceptors (Lipinski definition) is 3. The van der Waals surface area contributed by atoms with E-state index in [0.29, 0.717) is 5.69 Å². The maximum absolute atomic E-state index is 6.27. The molecule has 17 heavy (non-hydrogen) atoms. The number of hydrogen-bond donors (Lipinski definition) is 1. The van der Waals surface area contributed by atoms with E-state index in [1.54, 1.807) is 0 Å². The van der Waals surface area contributed by atoms with Gasteiger partial charge in [0.25, 0.3) is 0 Å². The van der Waals surface area contributed by atoms with Crippen molar-refractivity contribution in [1.82, 2.24) is 4.90 Å². The van der Waals surface area contributed by atoms with Gasteiger partial charge in [-0.25, -0.2) is 0 Å². The Kier molecular flexibility index (Phi) is 4.17. The molecule has 1 aromatic carbocycles. The molecule has 1 fully saturated rings. The molecule has 3 nitrogen and oxygen atoms in total. The van der Waals surface area contributed by atoms with Gasteiger partial charge in [0.2, 0.25) is 0 Å². The Hall–Kier alpha value is -0.450. The fourth-order valence-corrected chi connectivity index (χ4v) is 3.37. The molecule has 1 saturated heterocycles. The summed E-state index contributed by atoms with van der Waals surface area (Å²) in [7, 11) is 0. The molecule has 0 radical (unpaired) electrons. The highest BCUT2D eigenvalue weighted by atomic mass is 79.9. The molecule has 2 rings (SSSR count). The van der Waals surface area contributed by atoms with Gasteiger partial charge in [0.05, 0.1) is 10.7 Å². The lowest BCUT2D eigenvalue weighted by Gasteiger charge is -2.36. The maximum Gasteiger partial charge on any atom is 0.0702 e. The van der Waals surface area contributed by atoms with E-state index in [0.717, 1.165) is 47.9 Å². The van der Waals surface area contributed by atoms with Gasteiger partial charge < -0.3 is 15.5 Å². The first kappa shape index (κ1) is 13.0. The minimum atomic E-state index is 0.692. The lowest BCUT2D eigenvalue weighted by Crippen LogP contribution is -2.46. The van der Waals surface area contributed by atoms with Gasteiger partial charge in [-0.1, -0.05) is 18.5 Å². The number of nitrogens with zero attached hydrogens (tertiary/aromatic N) is 2. The smallest absolute Gasteiger partial charge is 0.0702 e. The highest BCUT2D eigenvalue weighted by Gasteiger charge is 2.20. The quantitative estimate of drug-likeness (QED) is 0.851. The number of piperazine rings is 1. The fraction of sp³-hybridized carbons (Fsp3) is 0.500. The predicted molar refractivity (Wildman–Crippen MR) is 77.9 cm³/mol. The van der Waals surface area contributed by atoms with E-state index in [-0.39, 0.29) is 0 Å². The molecule has 1 heterocycles. The summed E-state index contributed by atoms with van der Waals surface area (Å²) >= 11 is 9.82. The second-order valence-corrected chi connectivity index (χ2v) is 5.52. The van der Waals surface area contributed by atoms with Crippen LogP contribution in [0.25, 0.3) is 0 Å². The summed E-state index contributed by atoms with van der Waals surface area (Å²) in [5, 5.41) is 0.724. The summed E-state index contributed by atoms with van der Waals surface area (Å²) in [4.78, 5) is 4.76. The molecule has 1 aliphatic rings. The van der Waals surface area contributed by atoms with Crippen LogP contribution in [0.2, 0.25) is 5.02 Å². The molecular weight excluding hydrogens is 302 g/mol. The highest BCUT2D eigenvalue weighted by molar-refractivity contribution is 9.10. The molecule has 0 bridgehead atoms. The van der Waals surface area contributed by atoms with E-state index in [1.807, 2.05) is 12.1 Å². The predicted octanol–water partition coefficient (Wildman–Crippen LogP) is 2.83. The molecule has 0 amide bonds. The van der Waals surface area contributed by atoms with Gasteiger partial charge >= 0.3 is 0 Å². The lowest BCUT2D eigenvalue weighted by molar-refractivity contribution is 0.271. The first-order chi connectivity index (χ1) is 8.11. The molecule has 1 aliphatic heterocycles. The van der Waals surface area contributed by atoms with Crippen molar-refractivity contribution in [3.05, 3.63) is 21.6 Å². The number of rotatable bonds is 2. The van der Waals surface area contributed by atoms with E-state index in [9.17, 15) is 0 Å². The summed E-state index contributed by atoms with van der Waals surface area (Å²) in [6, 6.07) is 3.72. The second kappa shape index (κ2) is 5.46. The number of nitrogens with two attached hydrogens (primary N) is 1. The Morgan fingerprint density at radius 1 is 1.29 bits per heavy atom. The van der Waals surface area contributed by atoms with E-state index >= 15 is 0 Å². The van der Waals surface area contributed by atoms with Gasteiger partial charge in [-0.2, -0.15) is 0 Å². The molecule has 0 unspecified atom stereocenters. The molecule has 0 atom stereocenters. The van der Waals surface area contributed by atoms with Gasteiger partial charge in [-0.05, 0) is 34.6 Å². The third kappa shape index (κ3) is 2.87. The van der Waals surface area contributed by atoms with Gasteiger partial charge in [0.15, 0.2) is 0 Å². The molecular formula is C12H17BrClN3. The average molecular weight is 319 g/mol. The Balaban J connectivity index is 2.18. The van der Waals surface area contributed by atoms with Gasteiger partial charge in [-0.3, -0.25) is 0 Å². The van der Waals surface area contributed by atoms with Crippen molar-refractivity contribution in [2.75, 3.05) is 43.4 Å². The van der Waals surface area contributed by atoms with Crippen LogP contribution in [0.4, 0.5) is 11.4 Å². The number of anilines is 2. The van der Waals surface area contributed by atoms with Crippen LogP contribution in [0.3, 0.4) is 0 Å². The van der Waals surface area contributed by atoms with E-state index < -0.39 is 0 Å². The summed E-state index contributed by atoms with van der Waals surface area (Å²) < 4.78 is 0.979. The third-order valence-corrected chi connectivity index (χ3v) is 4.07. The zero-order valence-corrected chi connectivity index (χ0v) is 12.3. The zero-order valence-electron chi connectivity index (χ0n) is 9.92. The highest BCUT2D eigenvalue weighted by Crippen LogP contribution is 2.36. The maximum atomic E-state index is 6.27. The minimum Gasteiger partial charge on any atom is -0.399 e. The fourth-order valence-electron chi connectivity index (χ4n) is 2.17. The normalized spacial score (nSPS) is 17.5. The van der Waals surface area contributed by atoms with Crippen molar-refractivity contribution in [1.29, 1.82) is 0 Å². The van der Waals surface area contributed by atoms with Crippen LogP contribution >= 0.6 is 27.5 Å². The topological polar surface area (TPSA) is 32.5 Å². The van der Waals surface area contributed by atoms with Crippen LogP contribution < -0.4 is 10.6 Å². The lowest BCUT2D eigenvalue weighted by atomic mass is 10.2. The van der Waals surface area contributed by atoms with Crippen molar-refractivity contribution in [3.63, 3.8) is 0 Å². The average Bonchev–Trinajstić information content (AvgIpc) is 2.28. The van der Waals surface area contributed by atoms with Crippen LogP contribution in [0.5, 0.6) is 0 Å². The zero-order chi connectivity index (χ0) is 12.4. The first-order valence-electron chi connectivity index (χ1n) is 5.83. The number of likely N-dealkylation sites (N-methyl/N-ethyl adjacent to an activating group) is 1. The Labute approximate surface area is 116 Å². The first-order valence-corrected chi connectivity index (χ1v) is 7.00. The third-order valence-electron chi connectivity index (χ3n) is 3.17. The van der Waals surface area contributed by atoms with Crippen molar-refractivity contribution in [3.8, 4) is 0 Å². The van der Waals surface area contributed by atoms with E-state index in [4.69, 9.17) is 17.3 Å². The van der Waals surface area contributed by atoms with Crippen molar-refractivity contribution in [2.45, 2.75) is 6.92 Å². The summed E-state index contributed by atoms with van der Waals surface area (Å²) in [6.45, 7) is 7.51.